The van der Waals surface area contributed by atoms with E-state index in [2.05, 4.69) is 15.0 Å². The van der Waals surface area contributed by atoms with Crippen LogP contribution in [0.25, 0.3) is 0 Å². The van der Waals surface area contributed by atoms with Crippen LogP contribution >= 0.6 is 0 Å². The number of anilines is 1. The van der Waals surface area contributed by atoms with Crippen LogP contribution in [-0.4, -0.2) is 40.0 Å². The zero-order valence-electron chi connectivity index (χ0n) is 18.5. The molecule has 0 aliphatic rings. The van der Waals surface area contributed by atoms with E-state index < -0.39 is 32.7 Å². The summed E-state index contributed by atoms with van der Waals surface area (Å²) in [5.74, 6) is 0.0591. The van der Waals surface area contributed by atoms with Gasteiger partial charge in [-0.3, -0.25) is 4.98 Å². The fraction of sp³-hybridized carbons (Fsp3) is 0.400. The van der Waals surface area contributed by atoms with Gasteiger partial charge in [0.1, 0.15) is 0 Å². The molecule has 1 aromatic carbocycles. The predicted molar refractivity (Wildman–Crippen MR) is 120 cm³/mol. The van der Waals surface area contributed by atoms with Crippen LogP contribution in [0.1, 0.15) is 56.2 Å². The van der Waals surface area contributed by atoms with E-state index in [0.717, 1.165) is 29.3 Å². The molecule has 1 aromatic heterocycles. The molecule has 4 N–H and O–H groups in total. The van der Waals surface area contributed by atoms with Crippen molar-refractivity contribution >= 4 is 31.8 Å². The maximum Gasteiger partial charge on any atom is 0.333 e. The second kappa shape index (κ2) is 9.94. The normalized spacial score (nSPS) is 12.2. The topological polar surface area (TPSA) is 155 Å². The number of carbonyl (C=O) groups is 1. The Balaban J connectivity index is 2.37. The number of nitrogens with zero attached hydrogens (tertiary/aromatic N) is 1. The van der Waals surface area contributed by atoms with E-state index in [-0.39, 0.29) is 27.2 Å². The molecule has 0 spiro atoms. The van der Waals surface area contributed by atoms with E-state index in [9.17, 15) is 26.7 Å². The lowest BCUT2D eigenvalue weighted by Gasteiger charge is -2.19. The zero-order chi connectivity index (χ0) is 24.3. The number of hydrogen-bond acceptors (Lipinski definition) is 7. The number of aliphatic hydroxyl groups is 1. The summed E-state index contributed by atoms with van der Waals surface area (Å²) >= 11 is 0. The minimum atomic E-state index is -4.35. The molecule has 0 saturated heterocycles. The van der Waals surface area contributed by atoms with Crippen LogP contribution in [0.2, 0.25) is 0 Å². The molecule has 1 heterocycles. The standard InChI is InChI=1S/C20H28N4O6S2/c1-12(2)16-9-22-10-17(13(3)4)19(16)23-20(26)24-31(27,28)15-6-7-18(14(8-15)11-25)32(29,30)21-5/h6-10,12-13,21,25H,11H2,1-5H3,(H2,22,23,24,26). The number of urea groups is 1. The first kappa shape index (κ1) is 25.7. The van der Waals surface area contributed by atoms with Gasteiger partial charge in [-0.2, -0.15) is 0 Å². The molecule has 0 radical (unpaired) electrons. The van der Waals surface area contributed by atoms with Crippen molar-refractivity contribution in [3.05, 3.63) is 47.3 Å². The highest BCUT2D eigenvalue weighted by atomic mass is 32.2. The fourth-order valence-corrected chi connectivity index (χ4v) is 4.95. The first-order chi connectivity index (χ1) is 14.8. The summed E-state index contributed by atoms with van der Waals surface area (Å²) in [6.45, 7) is 7.00. The molecule has 0 fully saturated rings. The summed E-state index contributed by atoms with van der Waals surface area (Å²) in [7, 11) is -7.06. The van der Waals surface area contributed by atoms with Gasteiger partial charge in [0.25, 0.3) is 10.0 Å². The Hall–Kier alpha value is -2.54. The van der Waals surface area contributed by atoms with Crippen molar-refractivity contribution in [1.82, 2.24) is 14.4 Å². The highest BCUT2D eigenvalue weighted by Gasteiger charge is 2.24. The van der Waals surface area contributed by atoms with E-state index in [0.29, 0.717) is 5.69 Å². The van der Waals surface area contributed by atoms with E-state index in [1.165, 1.54) is 7.05 Å². The second-order valence-electron chi connectivity index (χ2n) is 7.70. The third kappa shape index (κ3) is 5.63. The van der Waals surface area contributed by atoms with Crippen LogP contribution in [0.15, 0.2) is 40.4 Å². The van der Waals surface area contributed by atoms with Gasteiger partial charge in [0.15, 0.2) is 0 Å². The van der Waals surface area contributed by atoms with Crippen LogP contribution in [-0.2, 0) is 26.7 Å². The molecule has 0 atom stereocenters. The van der Waals surface area contributed by atoms with Crippen molar-refractivity contribution < 1.29 is 26.7 Å². The van der Waals surface area contributed by atoms with Gasteiger partial charge in [-0.1, -0.05) is 27.7 Å². The van der Waals surface area contributed by atoms with Gasteiger partial charge in [0.2, 0.25) is 10.0 Å². The Morgan fingerprint density at radius 3 is 2.03 bits per heavy atom. The summed E-state index contributed by atoms with van der Waals surface area (Å²) in [5.41, 5.74) is 1.88. The Labute approximate surface area is 188 Å². The summed E-state index contributed by atoms with van der Waals surface area (Å²) in [6, 6.07) is 2.13. The summed E-state index contributed by atoms with van der Waals surface area (Å²) in [5, 5.41) is 12.1. The number of pyridine rings is 1. The molecule has 176 valence electrons. The lowest BCUT2D eigenvalue weighted by atomic mass is 9.95. The van der Waals surface area contributed by atoms with Crippen molar-refractivity contribution in [1.29, 1.82) is 0 Å². The third-order valence-electron chi connectivity index (χ3n) is 4.79. The number of aromatic nitrogens is 1. The number of amides is 2. The molecule has 0 saturated carbocycles. The van der Waals surface area contributed by atoms with Crippen LogP contribution in [0.4, 0.5) is 10.5 Å². The Morgan fingerprint density at radius 1 is 1.00 bits per heavy atom. The molecule has 0 unspecified atom stereocenters. The van der Waals surface area contributed by atoms with Gasteiger partial charge in [-0.25, -0.2) is 31.1 Å². The molecule has 0 aliphatic carbocycles. The number of rotatable bonds is 8. The molecule has 2 rings (SSSR count). The van der Waals surface area contributed by atoms with Crippen molar-refractivity contribution in [3.8, 4) is 0 Å². The van der Waals surface area contributed by atoms with Crippen molar-refractivity contribution in [2.24, 2.45) is 0 Å². The van der Waals surface area contributed by atoms with E-state index in [1.54, 1.807) is 12.4 Å². The highest BCUT2D eigenvalue weighted by Crippen LogP contribution is 2.31. The molecular weight excluding hydrogens is 456 g/mol. The molecule has 12 heteroatoms. The summed E-state index contributed by atoms with van der Waals surface area (Å²) in [6.07, 6.45) is 3.24. The van der Waals surface area contributed by atoms with Crippen LogP contribution in [0, 0.1) is 0 Å². The first-order valence-corrected chi connectivity index (χ1v) is 12.8. The maximum atomic E-state index is 12.7. The average molecular weight is 485 g/mol. The Bertz CT molecular complexity index is 1180. The predicted octanol–water partition coefficient (Wildman–Crippen LogP) is 2.24. The SMILES string of the molecule is CNS(=O)(=O)c1ccc(S(=O)(=O)NC(=O)Nc2c(C(C)C)cncc2C(C)C)cc1CO. The molecular formula is C20H28N4O6S2. The number of carbonyl (C=O) groups excluding carboxylic acids is 1. The lowest BCUT2D eigenvalue weighted by molar-refractivity contribution is 0.256. The molecule has 2 amide bonds. The van der Waals surface area contributed by atoms with E-state index in [4.69, 9.17) is 0 Å². The number of nitrogens with one attached hydrogen (secondary N) is 3. The quantitative estimate of drug-likeness (QED) is 0.448. The summed E-state index contributed by atoms with van der Waals surface area (Å²) in [4.78, 5) is 16.2. The molecule has 32 heavy (non-hydrogen) atoms. The van der Waals surface area contributed by atoms with Gasteiger partial charge in [-0.15, -0.1) is 0 Å². The minimum Gasteiger partial charge on any atom is -0.392 e. The van der Waals surface area contributed by atoms with Gasteiger partial charge in [0.05, 0.1) is 22.1 Å². The smallest absolute Gasteiger partial charge is 0.333 e. The third-order valence-corrected chi connectivity index (χ3v) is 7.63. The number of sulfonamides is 2. The van der Waals surface area contributed by atoms with Gasteiger partial charge in [-0.05, 0) is 53.8 Å². The Morgan fingerprint density at radius 2 is 1.56 bits per heavy atom. The second-order valence-corrected chi connectivity index (χ2v) is 11.2. The average Bonchev–Trinajstić information content (AvgIpc) is 2.72. The van der Waals surface area contributed by atoms with Crippen LogP contribution < -0.4 is 14.8 Å². The van der Waals surface area contributed by atoms with E-state index in [1.807, 2.05) is 32.4 Å². The zero-order valence-corrected chi connectivity index (χ0v) is 20.1. The maximum absolute atomic E-state index is 12.7. The van der Waals surface area contributed by atoms with Crippen LogP contribution in [0.5, 0.6) is 0 Å². The Kier molecular flexibility index (Phi) is 7.99. The van der Waals surface area contributed by atoms with Gasteiger partial charge < -0.3 is 10.4 Å². The number of aliphatic hydroxyl groups excluding tert-OH is 1. The number of hydrogen-bond donors (Lipinski definition) is 4. The lowest BCUT2D eigenvalue weighted by Crippen LogP contribution is -2.35. The minimum absolute atomic E-state index is 0.0295. The molecule has 0 bridgehead atoms. The number of benzene rings is 1. The largest absolute Gasteiger partial charge is 0.392 e. The highest BCUT2D eigenvalue weighted by molar-refractivity contribution is 7.90. The van der Waals surface area contributed by atoms with E-state index >= 15 is 0 Å². The molecule has 0 aliphatic heterocycles. The van der Waals surface area contributed by atoms with Gasteiger partial charge >= 0.3 is 6.03 Å². The van der Waals surface area contributed by atoms with Crippen molar-refractivity contribution in [2.75, 3.05) is 12.4 Å². The van der Waals surface area contributed by atoms with Gasteiger partial charge in [0, 0.05) is 12.4 Å². The summed E-state index contributed by atoms with van der Waals surface area (Å²) < 4.78 is 53.6. The monoisotopic (exact) mass is 484 g/mol. The van der Waals surface area contributed by atoms with Crippen LogP contribution in [0.3, 0.4) is 0 Å². The molecule has 10 nitrogen and oxygen atoms in total. The first-order valence-electron chi connectivity index (χ1n) is 9.83. The van der Waals surface area contributed by atoms with Crippen molar-refractivity contribution in [2.45, 2.75) is 55.9 Å². The molecule has 2 aromatic rings. The fourth-order valence-electron chi connectivity index (χ4n) is 3.05. The van der Waals surface area contributed by atoms with Crippen molar-refractivity contribution in [3.63, 3.8) is 0 Å².